The maximum Gasteiger partial charge on any atom is 0.214 e. The van der Waals surface area contributed by atoms with Crippen molar-refractivity contribution in [3.05, 3.63) is 11.3 Å². The largest absolute Gasteiger partial charge is 0.332 e. The van der Waals surface area contributed by atoms with Gasteiger partial charge in [0.15, 0.2) is 0 Å². The highest BCUT2D eigenvalue weighted by Crippen LogP contribution is 2.42. The van der Waals surface area contributed by atoms with E-state index in [1.54, 1.807) is 0 Å². The van der Waals surface area contributed by atoms with Gasteiger partial charge in [0.2, 0.25) is 10.0 Å². The molecule has 0 aromatic carbocycles. The zero-order valence-corrected chi connectivity index (χ0v) is 17.3. The van der Waals surface area contributed by atoms with Crippen LogP contribution in [-0.4, -0.2) is 43.0 Å². The summed E-state index contributed by atoms with van der Waals surface area (Å²) in [6.07, 6.45) is 3.27. The van der Waals surface area contributed by atoms with Crippen LogP contribution < -0.4 is 4.72 Å². The summed E-state index contributed by atoms with van der Waals surface area (Å²) in [4.78, 5) is 7.39. The molecule has 2 atom stereocenters. The summed E-state index contributed by atoms with van der Waals surface area (Å²) >= 11 is 0. The molecular formula is C19H33N3O2S. The van der Waals surface area contributed by atoms with Gasteiger partial charge in [0, 0.05) is 31.1 Å². The molecule has 2 heterocycles. The number of sulfonamides is 1. The number of hydrogen-bond acceptors (Lipinski definition) is 4. The Labute approximate surface area is 153 Å². The smallest absolute Gasteiger partial charge is 0.214 e. The fourth-order valence-electron chi connectivity index (χ4n) is 4.10. The van der Waals surface area contributed by atoms with Gasteiger partial charge in [-0.1, -0.05) is 41.5 Å². The van der Waals surface area contributed by atoms with E-state index in [4.69, 9.17) is 4.99 Å². The average Bonchev–Trinajstić information content (AvgIpc) is 3.26. The second kappa shape index (κ2) is 6.38. The van der Waals surface area contributed by atoms with Crippen molar-refractivity contribution in [3.8, 4) is 0 Å². The Hall–Kier alpha value is -0.880. The molecule has 1 saturated heterocycles. The first-order valence-corrected chi connectivity index (χ1v) is 11.2. The van der Waals surface area contributed by atoms with Crippen molar-refractivity contribution in [2.45, 2.75) is 84.6 Å². The van der Waals surface area contributed by atoms with Crippen LogP contribution in [0.15, 0.2) is 16.3 Å². The Kier molecular flexibility index (Phi) is 4.82. The Morgan fingerprint density at radius 3 is 2.40 bits per heavy atom. The van der Waals surface area contributed by atoms with Crippen LogP contribution in [0.5, 0.6) is 0 Å². The molecule has 0 aromatic heterocycles. The molecule has 0 bridgehead atoms. The van der Waals surface area contributed by atoms with Crippen LogP contribution in [0.1, 0.15) is 67.2 Å². The summed E-state index contributed by atoms with van der Waals surface area (Å²) in [5.74, 6) is 1.51. The van der Waals surface area contributed by atoms with E-state index in [2.05, 4.69) is 51.2 Å². The van der Waals surface area contributed by atoms with E-state index in [-0.39, 0.29) is 22.7 Å². The number of rotatable bonds is 5. The number of hydrogen-bond donors (Lipinski definition) is 1. The van der Waals surface area contributed by atoms with Crippen molar-refractivity contribution in [1.29, 1.82) is 0 Å². The molecule has 142 valence electrons. The highest BCUT2D eigenvalue weighted by atomic mass is 32.2. The predicted octanol–water partition coefficient (Wildman–Crippen LogP) is 3.29. The molecule has 2 fully saturated rings. The molecule has 0 spiro atoms. The minimum atomic E-state index is -3.16. The topological polar surface area (TPSA) is 61.8 Å². The molecule has 3 rings (SSSR count). The quantitative estimate of drug-likeness (QED) is 0.811. The van der Waals surface area contributed by atoms with Gasteiger partial charge in [0.25, 0.3) is 0 Å². The van der Waals surface area contributed by atoms with Gasteiger partial charge >= 0.3 is 0 Å². The molecule has 25 heavy (non-hydrogen) atoms. The van der Waals surface area contributed by atoms with Crippen LogP contribution in [-0.2, 0) is 10.0 Å². The van der Waals surface area contributed by atoms with E-state index in [0.717, 1.165) is 31.5 Å². The molecule has 3 aliphatic rings. The van der Waals surface area contributed by atoms with E-state index >= 15 is 0 Å². The number of amidine groups is 1. The Bertz CT molecular complexity index is 697. The Morgan fingerprint density at radius 1 is 1.28 bits per heavy atom. The number of aliphatic imine (C=N–C) groups is 1. The summed E-state index contributed by atoms with van der Waals surface area (Å²) in [5, 5.41) is -0.162. The van der Waals surface area contributed by atoms with E-state index in [9.17, 15) is 8.42 Å². The molecule has 2 unspecified atom stereocenters. The third-order valence-electron chi connectivity index (χ3n) is 5.44. The van der Waals surface area contributed by atoms with Gasteiger partial charge in [-0.25, -0.2) is 13.1 Å². The lowest BCUT2D eigenvalue weighted by atomic mass is 9.77. The zero-order valence-electron chi connectivity index (χ0n) is 16.5. The van der Waals surface area contributed by atoms with Crippen molar-refractivity contribution in [1.82, 2.24) is 9.62 Å². The average molecular weight is 368 g/mol. The van der Waals surface area contributed by atoms with E-state index in [1.165, 1.54) is 11.3 Å². The van der Waals surface area contributed by atoms with Gasteiger partial charge in [-0.15, -0.1) is 0 Å². The van der Waals surface area contributed by atoms with E-state index in [1.807, 2.05) is 0 Å². The molecule has 0 amide bonds. The summed E-state index contributed by atoms with van der Waals surface area (Å²) in [5.41, 5.74) is 2.76. The second-order valence-corrected chi connectivity index (χ2v) is 11.1. The Morgan fingerprint density at radius 2 is 1.92 bits per heavy atom. The van der Waals surface area contributed by atoms with Gasteiger partial charge in [0.05, 0.1) is 11.3 Å². The first kappa shape index (κ1) is 18.9. The van der Waals surface area contributed by atoms with Gasteiger partial charge in [-0.3, -0.25) is 4.99 Å². The molecule has 6 heteroatoms. The first-order valence-electron chi connectivity index (χ1n) is 9.63. The summed E-state index contributed by atoms with van der Waals surface area (Å²) < 4.78 is 27.7. The van der Waals surface area contributed by atoms with Crippen LogP contribution in [0.2, 0.25) is 0 Å². The second-order valence-electron chi connectivity index (χ2n) is 9.10. The van der Waals surface area contributed by atoms with Gasteiger partial charge < -0.3 is 4.90 Å². The summed E-state index contributed by atoms with van der Waals surface area (Å²) in [7, 11) is -3.16. The summed E-state index contributed by atoms with van der Waals surface area (Å²) in [6.45, 7) is 14.0. The van der Waals surface area contributed by atoms with Crippen LogP contribution in [0.4, 0.5) is 0 Å². The molecule has 1 saturated carbocycles. The van der Waals surface area contributed by atoms with Crippen LogP contribution in [0.25, 0.3) is 0 Å². The standard InChI is InChI=1S/C19H33N3O2S/c1-7-16-20-18(19(4,5)6)17(12(2)3)15-10-13(11-22(15)16)21-25(23,24)14-8-9-14/h12-14,18,21H,7-11H2,1-6H3. The number of fused-ring (bicyclic) bond motifs is 1. The normalized spacial score (nSPS) is 27.8. The fourth-order valence-corrected chi connectivity index (χ4v) is 5.67. The van der Waals surface area contributed by atoms with E-state index < -0.39 is 10.0 Å². The minimum absolute atomic E-state index is 0.0372. The maximum atomic E-state index is 12.4. The van der Waals surface area contributed by atoms with Crippen LogP contribution in [0, 0.1) is 11.3 Å². The fraction of sp³-hybridized carbons (Fsp3) is 0.842. The molecule has 5 nitrogen and oxygen atoms in total. The third kappa shape index (κ3) is 3.65. The highest BCUT2D eigenvalue weighted by molar-refractivity contribution is 7.90. The van der Waals surface area contributed by atoms with Gasteiger partial charge in [-0.2, -0.15) is 0 Å². The SMILES string of the molecule is CCC1=NC(C(C)(C)C)C(C(C)C)=C2CC(NS(=O)(=O)C3CC3)CN12. The molecule has 2 aliphatic heterocycles. The zero-order chi connectivity index (χ0) is 18.6. The number of nitrogens with zero attached hydrogens (tertiary/aromatic N) is 2. The number of nitrogens with one attached hydrogen (secondary N) is 1. The van der Waals surface area contributed by atoms with Crippen molar-refractivity contribution >= 4 is 15.9 Å². The molecule has 1 aliphatic carbocycles. The molecule has 1 N–H and O–H groups in total. The van der Waals surface area contributed by atoms with Crippen LogP contribution >= 0.6 is 0 Å². The van der Waals surface area contributed by atoms with Gasteiger partial charge in [0.1, 0.15) is 5.84 Å². The third-order valence-corrected chi connectivity index (χ3v) is 7.45. The lowest BCUT2D eigenvalue weighted by Gasteiger charge is -2.40. The lowest BCUT2D eigenvalue weighted by molar-refractivity contribution is 0.321. The molecular weight excluding hydrogens is 334 g/mol. The predicted molar refractivity (Wildman–Crippen MR) is 103 cm³/mol. The van der Waals surface area contributed by atoms with Crippen molar-refractivity contribution in [2.75, 3.05) is 6.54 Å². The van der Waals surface area contributed by atoms with Crippen molar-refractivity contribution < 1.29 is 8.42 Å². The highest BCUT2D eigenvalue weighted by Gasteiger charge is 2.43. The van der Waals surface area contributed by atoms with Crippen molar-refractivity contribution in [2.24, 2.45) is 16.3 Å². The lowest BCUT2D eigenvalue weighted by Crippen LogP contribution is -2.42. The van der Waals surface area contributed by atoms with Crippen molar-refractivity contribution in [3.63, 3.8) is 0 Å². The van der Waals surface area contributed by atoms with E-state index in [0.29, 0.717) is 12.5 Å². The van der Waals surface area contributed by atoms with Gasteiger partial charge in [-0.05, 0) is 29.7 Å². The summed E-state index contributed by atoms with van der Waals surface area (Å²) in [6, 6.07) is 0.136. The minimum Gasteiger partial charge on any atom is -0.332 e. The Balaban J connectivity index is 1.94. The maximum absolute atomic E-state index is 12.4. The molecule has 0 aromatic rings. The first-order chi connectivity index (χ1) is 11.5. The monoisotopic (exact) mass is 367 g/mol. The molecule has 0 radical (unpaired) electrons. The van der Waals surface area contributed by atoms with Crippen LogP contribution in [0.3, 0.4) is 0 Å².